The first kappa shape index (κ1) is 13.6. The van der Waals surface area contributed by atoms with E-state index in [1.54, 1.807) is 19.5 Å². The standard InChI is InChI=1S/C12H19N3O2/c1-10-3-4-13-7-11(10)8-15-12(16)9-14-5-6-17-2/h3-4,7,14H,5-6,8-9H2,1-2H3,(H,15,16). The number of rotatable bonds is 7. The Morgan fingerprint density at radius 1 is 1.53 bits per heavy atom. The van der Waals surface area contributed by atoms with E-state index in [-0.39, 0.29) is 5.91 Å². The van der Waals surface area contributed by atoms with Crippen LogP contribution < -0.4 is 10.6 Å². The molecule has 0 saturated heterocycles. The van der Waals surface area contributed by atoms with E-state index in [0.717, 1.165) is 11.1 Å². The Balaban J connectivity index is 2.22. The van der Waals surface area contributed by atoms with Crippen molar-refractivity contribution < 1.29 is 9.53 Å². The maximum atomic E-state index is 11.5. The molecule has 0 spiro atoms. The minimum absolute atomic E-state index is 0.0237. The molecule has 1 amide bonds. The number of nitrogens with zero attached hydrogens (tertiary/aromatic N) is 1. The molecule has 5 heteroatoms. The molecule has 5 nitrogen and oxygen atoms in total. The van der Waals surface area contributed by atoms with Gasteiger partial charge in [0.05, 0.1) is 13.2 Å². The average Bonchev–Trinajstić information content (AvgIpc) is 2.34. The van der Waals surface area contributed by atoms with Crippen LogP contribution in [0.3, 0.4) is 0 Å². The zero-order chi connectivity index (χ0) is 12.5. The first-order valence-electron chi connectivity index (χ1n) is 5.60. The number of nitrogens with one attached hydrogen (secondary N) is 2. The zero-order valence-corrected chi connectivity index (χ0v) is 10.3. The predicted octanol–water partition coefficient (Wildman–Crippen LogP) is 0.242. The van der Waals surface area contributed by atoms with Crippen LogP contribution in [0.15, 0.2) is 18.5 Å². The molecule has 94 valence electrons. The fraction of sp³-hybridized carbons (Fsp3) is 0.500. The maximum absolute atomic E-state index is 11.5. The van der Waals surface area contributed by atoms with Crippen LogP contribution in [-0.4, -0.2) is 37.7 Å². The topological polar surface area (TPSA) is 63.2 Å². The number of aromatic nitrogens is 1. The Morgan fingerprint density at radius 3 is 3.06 bits per heavy atom. The second-order valence-corrected chi connectivity index (χ2v) is 3.75. The lowest BCUT2D eigenvalue weighted by atomic mass is 10.1. The van der Waals surface area contributed by atoms with Gasteiger partial charge in [-0.1, -0.05) is 0 Å². The van der Waals surface area contributed by atoms with Gasteiger partial charge in [0.2, 0.25) is 5.91 Å². The molecular formula is C12H19N3O2. The van der Waals surface area contributed by atoms with Gasteiger partial charge in [-0.2, -0.15) is 0 Å². The van der Waals surface area contributed by atoms with Crippen molar-refractivity contribution in [1.29, 1.82) is 0 Å². The van der Waals surface area contributed by atoms with Gasteiger partial charge in [0.15, 0.2) is 0 Å². The van der Waals surface area contributed by atoms with Crippen molar-refractivity contribution in [3.8, 4) is 0 Å². The van der Waals surface area contributed by atoms with Gasteiger partial charge in [-0.25, -0.2) is 0 Å². The van der Waals surface area contributed by atoms with E-state index in [1.165, 1.54) is 0 Å². The molecule has 0 aliphatic heterocycles. The normalized spacial score (nSPS) is 10.2. The summed E-state index contributed by atoms with van der Waals surface area (Å²) in [5, 5.41) is 5.82. The molecular weight excluding hydrogens is 218 g/mol. The molecule has 1 heterocycles. The van der Waals surface area contributed by atoms with E-state index in [2.05, 4.69) is 15.6 Å². The van der Waals surface area contributed by atoms with Crippen molar-refractivity contribution >= 4 is 5.91 Å². The largest absolute Gasteiger partial charge is 0.383 e. The number of pyridine rings is 1. The van der Waals surface area contributed by atoms with Gasteiger partial charge in [-0.3, -0.25) is 9.78 Å². The van der Waals surface area contributed by atoms with Gasteiger partial charge in [0, 0.05) is 32.6 Å². The fourth-order valence-electron chi connectivity index (χ4n) is 1.31. The second kappa shape index (κ2) is 7.76. The monoisotopic (exact) mass is 237 g/mol. The number of amides is 1. The molecule has 1 aromatic heterocycles. The van der Waals surface area contributed by atoms with Crippen molar-refractivity contribution in [3.63, 3.8) is 0 Å². The zero-order valence-electron chi connectivity index (χ0n) is 10.3. The number of hydrogen-bond donors (Lipinski definition) is 2. The minimum Gasteiger partial charge on any atom is -0.383 e. The fourth-order valence-corrected chi connectivity index (χ4v) is 1.31. The smallest absolute Gasteiger partial charge is 0.234 e. The first-order chi connectivity index (χ1) is 8.24. The van der Waals surface area contributed by atoms with Crippen LogP contribution >= 0.6 is 0 Å². The molecule has 0 aliphatic carbocycles. The maximum Gasteiger partial charge on any atom is 0.234 e. The molecule has 1 rings (SSSR count). The molecule has 17 heavy (non-hydrogen) atoms. The number of methoxy groups -OCH3 is 1. The molecule has 0 aromatic carbocycles. The van der Waals surface area contributed by atoms with Gasteiger partial charge in [-0.15, -0.1) is 0 Å². The molecule has 2 N–H and O–H groups in total. The van der Waals surface area contributed by atoms with Crippen molar-refractivity contribution in [2.45, 2.75) is 13.5 Å². The SMILES string of the molecule is COCCNCC(=O)NCc1cnccc1C. The number of ether oxygens (including phenoxy) is 1. The third-order valence-corrected chi connectivity index (χ3v) is 2.39. The van der Waals surface area contributed by atoms with Crippen molar-refractivity contribution in [3.05, 3.63) is 29.6 Å². The van der Waals surface area contributed by atoms with Crippen molar-refractivity contribution in [2.24, 2.45) is 0 Å². The van der Waals surface area contributed by atoms with Crippen molar-refractivity contribution in [2.75, 3.05) is 26.8 Å². The van der Waals surface area contributed by atoms with Crippen LogP contribution in [0.5, 0.6) is 0 Å². The summed E-state index contributed by atoms with van der Waals surface area (Å²) in [5.74, 6) is -0.0237. The highest BCUT2D eigenvalue weighted by atomic mass is 16.5. The lowest BCUT2D eigenvalue weighted by Crippen LogP contribution is -2.34. The summed E-state index contributed by atoms with van der Waals surface area (Å²) in [5.41, 5.74) is 2.17. The van der Waals surface area contributed by atoms with Crippen LogP contribution in [0.2, 0.25) is 0 Å². The average molecular weight is 237 g/mol. The summed E-state index contributed by atoms with van der Waals surface area (Å²) in [6.45, 7) is 4.11. The summed E-state index contributed by atoms with van der Waals surface area (Å²) in [7, 11) is 1.63. The Morgan fingerprint density at radius 2 is 2.35 bits per heavy atom. The number of hydrogen-bond acceptors (Lipinski definition) is 4. The highest BCUT2D eigenvalue weighted by Gasteiger charge is 2.02. The first-order valence-corrected chi connectivity index (χ1v) is 5.60. The molecule has 0 fully saturated rings. The highest BCUT2D eigenvalue weighted by Crippen LogP contribution is 2.03. The Kier molecular flexibility index (Phi) is 6.21. The van der Waals surface area contributed by atoms with E-state index >= 15 is 0 Å². The van der Waals surface area contributed by atoms with Gasteiger partial charge in [0.1, 0.15) is 0 Å². The Hall–Kier alpha value is -1.46. The molecule has 0 bridgehead atoms. The Labute approximate surface area is 102 Å². The van der Waals surface area contributed by atoms with E-state index in [9.17, 15) is 4.79 Å². The van der Waals surface area contributed by atoms with Crippen LogP contribution in [-0.2, 0) is 16.1 Å². The molecule has 0 atom stereocenters. The molecule has 0 unspecified atom stereocenters. The summed E-state index contributed by atoms with van der Waals surface area (Å²) in [6, 6.07) is 1.93. The van der Waals surface area contributed by atoms with E-state index < -0.39 is 0 Å². The number of carbonyl (C=O) groups is 1. The van der Waals surface area contributed by atoms with E-state index in [1.807, 2.05) is 13.0 Å². The van der Waals surface area contributed by atoms with Gasteiger partial charge in [-0.05, 0) is 24.1 Å². The summed E-state index contributed by atoms with van der Waals surface area (Å²) >= 11 is 0. The quantitative estimate of drug-likeness (QED) is 0.667. The highest BCUT2D eigenvalue weighted by molar-refractivity contribution is 5.77. The van der Waals surface area contributed by atoms with Crippen LogP contribution in [0.1, 0.15) is 11.1 Å². The second-order valence-electron chi connectivity index (χ2n) is 3.75. The lowest BCUT2D eigenvalue weighted by molar-refractivity contribution is -0.120. The lowest BCUT2D eigenvalue weighted by Gasteiger charge is -2.08. The molecule has 1 aromatic rings. The summed E-state index contributed by atoms with van der Waals surface area (Å²) in [4.78, 5) is 15.5. The number of aryl methyl sites for hydroxylation is 1. The van der Waals surface area contributed by atoms with Crippen molar-refractivity contribution in [1.82, 2.24) is 15.6 Å². The molecule has 0 radical (unpaired) electrons. The summed E-state index contributed by atoms with van der Waals surface area (Å²) < 4.78 is 4.87. The van der Waals surface area contributed by atoms with Gasteiger partial charge >= 0.3 is 0 Å². The molecule has 0 aliphatic rings. The number of carbonyl (C=O) groups excluding carboxylic acids is 1. The van der Waals surface area contributed by atoms with Crippen LogP contribution in [0, 0.1) is 6.92 Å². The van der Waals surface area contributed by atoms with E-state index in [4.69, 9.17) is 4.74 Å². The van der Waals surface area contributed by atoms with Crippen LogP contribution in [0.25, 0.3) is 0 Å². The third kappa shape index (κ3) is 5.42. The van der Waals surface area contributed by atoms with E-state index in [0.29, 0.717) is 26.2 Å². The Bertz CT molecular complexity index is 355. The third-order valence-electron chi connectivity index (χ3n) is 2.39. The molecule has 0 saturated carbocycles. The predicted molar refractivity (Wildman–Crippen MR) is 65.6 cm³/mol. The van der Waals surface area contributed by atoms with Gasteiger partial charge in [0.25, 0.3) is 0 Å². The van der Waals surface area contributed by atoms with Crippen LogP contribution in [0.4, 0.5) is 0 Å². The van der Waals surface area contributed by atoms with Gasteiger partial charge < -0.3 is 15.4 Å². The summed E-state index contributed by atoms with van der Waals surface area (Å²) in [6.07, 6.45) is 3.51. The minimum atomic E-state index is -0.0237.